The Morgan fingerprint density at radius 1 is 1.15 bits per heavy atom. The van der Waals surface area contributed by atoms with Gasteiger partial charge in [0.2, 0.25) is 5.91 Å². The zero-order valence-corrected chi connectivity index (χ0v) is 20.3. The minimum atomic E-state index is -4.71. The second-order valence-corrected chi connectivity index (χ2v) is 8.42. The second-order valence-electron chi connectivity index (χ2n) is 8.42. The van der Waals surface area contributed by atoms with E-state index in [1.165, 1.54) is 35.5 Å². The van der Waals surface area contributed by atoms with E-state index < -0.39 is 48.7 Å². The van der Waals surface area contributed by atoms with E-state index in [0.29, 0.717) is 0 Å². The van der Waals surface area contributed by atoms with Crippen LogP contribution in [0.25, 0.3) is 22.3 Å². The number of alkyl halides is 5. The number of ether oxygens (including phenoxy) is 3. The summed E-state index contributed by atoms with van der Waals surface area (Å²) in [6.07, 6.45) is -7.39. The number of H-pyrrole nitrogens is 1. The quantitative estimate of drug-likeness (QED) is 0.332. The number of likely N-dealkylation sites (N-methyl/N-ethyl adjacent to an activating group) is 1. The number of halogens is 6. The molecule has 3 heterocycles. The Labute approximate surface area is 219 Å². The molecule has 0 bridgehead atoms. The van der Waals surface area contributed by atoms with Gasteiger partial charge in [-0.25, -0.2) is 14.1 Å². The van der Waals surface area contributed by atoms with Gasteiger partial charge in [-0.05, 0) is 37.3 Å². The van der Waals surface area contributed by atoms with Gasteiger partial charge in [0.1, 0.15) is 23.3 Å². The first-order valence-electron chi connectivity index (χ1n) is 11.5. The van der Waals surface area contributed by atoms with Crippen molar-refractivity contribution in [3.8, 4) is 28.5 Å². The number of benzene rings is 2. The summed E-state index contributed by atoms with van der Waals surface area (Å²) < 4.78 is 92.9. The molecular formula is C24H17F6N5O5. The summed E-state index contributed by atoms with van der Waals surface area (Å²) in [5, 5.41) is 4.18. The van der Waals surface area contributed by atoms with Crippen molar-refractivity contribution in [1.29, 1.82) is 0 Å². The third-order valence-corrected chi connectivity index (χ3v) is 5.73. The molecule has 10 nitrogen and oxygen atoms in total. The minimum Gasteiger partial charge on any atom is -0.481 e. The van der Waals surface area contributed by atoms with E-state index in [-0.39, 0.29) is 46.0 Å². The highest BCUT2D eigenvalue weighted by atomic mass is 19.4. The van der Waals surface area contributed by atoms with Gasteiger partial charge in [-0.3, -0.25) is 9.59 Å². The molecular weight excluding hydrogens is 552 g/mol. The first-order valence-corrected chi connectivity index (χ1v) is 11.5. The number of aromatic nitrogens is 4. The number of carbonyl (C=O) groups is 1. The number of hydrogen-bond acceptors (Lipinski definition) is 7. The van der Waals surface area contributed by atoms with Gasteiger partial charge in [-0.1, -0.05) is 0 Å². The fourth-order valence-corrected chi connectivity index (χ4v) is 4.02. The van der Waals surface area contributed by atoms with Crippen LogP contribution in [-0.2, 0) is 11.3 Å². The van der Waals surface area contributed by atoms with Crippen LogP contribution >= 0.6 is 0 Å². The van der Waals surface area contributed by atoms with Crippen LogP contribution in [0.5, 0.6) is 17.2 Å². The molecule has 1 amide bonds. The average molecular weight is 569 g/mol. The van der Waals surface area contributed by atoms with E-state index in [0.717, 1.165) is 16.8 Å². The van der Waals surface area contributed by atoms with Gasteiger partial charge < -0.3 is 24.1 Å². The van der Waals surface area contributed by atoms with Gasteiger partial charge in [0, 0.05) is 23.9 Å². The second kappa shape index (κ2) is 9.77. The Morgan fingerprint density at radius 3 is 2.62 bits per heavy atom. The van der Waals surface area contributed by atoms with E-state index in [9.17, 15) is 35.9 Å². The summed E-state index contributed by atoms with van der Waals surface area (Å²) in [5.41, 5.74) is -0.621. The lowest BCUT2D eigenvalue weighted by atomic mass is 10.1. The van der Waals surface area contributed by atoms with Gasteiger partial charge in [-0.2, -0.15) is 18.3 Å². The molecule has 5 rings (SSSR count). The van der Waals surface area contributed by atoms with E-state index in [2.05, 4.69) is 29.3 Å². The van der Waals surface area contributed by atoms with E-state index in [4.69, 9.17) is 0 Å². The smallest absolute Gasteiger partial charge is 0.481 e. The van der Waals surface area contributed by atoms with E-state index in [1.54, 1.807) is 6.92 Å². The number of rotatable bonds is 7. The van der Waals surface area contributed by atoms with Crippen LogP contribution in [0.3, 0.4) is 0 Å². The van der Waals surface area contributed by atoms with Gasteiger partial charge in [0.05, 0.1) is 6.33 Å². The molecule has 2 aromatic carbocycles. The number of nitrogens with zero attached hydrogens (tertiary/aromatic N) is 4. The summed E-state index contributed by atoms with van der Waals surface area (Å²) in [6.45, 7) is -0.687. The number of amides is 1. The maximum absolute atomic E-state index is 14.1. The molecule has 16 heteroatoms. The number of carbonyl (C=O) groups excluding carboxylic acids is 1. The highest BCUT2D eigenvalue weighted by Crippen LogP contribution is 2.43. The Balaban J connectivity index is 1.48. The number of hydrogen-bond donors (Lipinski definition) is 1. The van der Waals surface area contributed by atoms with Crippen LogP contribution in [0.1, 0.15) is 6.92 Å². The average Bonchev–Trinajstić information content (AvgIpc) is 3.48. The number of nitrogens with one attached hydrogen (secondary N) is 1. The van der Waals surface area contributed by atoms with Crippen molar-refractivity contribution in [2.24, 2.45) is 0 Å². The van der Waals surface area contributed by atoms with Crippen molar-refractivity contribution in [2.75, 3.05) is 18.1 Å². The topological polar surface area (TPSA) is 112 Å². The lowest BCUT2D eigenvalue weighted by Crippen LogP contribution is -2.37. The number of imidazole rings is 1. The zero-order chi connectivity index (χ0) is 28.8. The molecule has 0 radical (unpaired) electrons. The fourth-order valence-electron chi connectivity index (χ4n) is 4.02. The number of fused-ring (bicyclic) bond motifs is 2. The van der Waals surface area contributed by atoms with Crippen LogP contribution < -0.4 is 24.7 Å². The van der Waals surface area contributed by atoms with Crippen molar-refractivity contribution in [2.45, 2.75) is 25.9 Å². The molecule has 0 aliphatic carbocycles. The molecule has 40 heavy (non-hydrogen) atoms. The molecule has 2 aromatic heterocycles. The summed E-state index contributed by atoms with van der Waals surface area (Å²) >= 11 is 0. The molecule has 1 aliphatic heterocycles. The first kappa shape index (κ1) is 26.8. The van der Waals surface area contributed by atoms with Crippen molar-refractivity contribution in [3.63, 3.8) is 0 Å². The van der Waals surface area contributed by atoms with Gasteiger partial charge in [-0.15, -0.1) is 8.78 Å². The lowest BCUT2D eigenvalue weighted by molar-refractivity contribution is -0.286. The molecule has 0 saturated carbocycles. The SMILES string of the molecule is CCN(C(=O)Cn1nc(-c2ccc(F)c(OCC(F)(F)F)c2)c2nc[nH]c2c1=O)c1ccc2c(c1)OC(F)(F)O2. The van der Waals surface area contributed by atoms with Crippen LogP contribution in [0, 0.1) is 5.82 Å². The standard InChI is InChI=1S/C24H17F6N5O5/c1-2-34(13-4-6-15-17(8-13)40-24(29,30)39-15)18(36)9-35-22(37)21-20(31-11-32-21)19(33-35)12-3-5-14(25)16(7-12)38-10-23(26,27)28/h3-8,11H,2,9-10H2,1H3,(H,31,32). The predicted octanol–water partition coefficient (Wildman–Crippen LogP) is 4.24. The van der Waals surface area contributed by atoms with Crippen LogP contribution in [0.15, 0.2) is 47.5 Å². The van der Waals surface area contributed by atoms with Gasteiger partial charge in [0.25, 0.3) is 5.56 Å². The minimum absolute atomic E-state index is 0.0196. The van der Waals surface area contributed by atoms with Crippen molar-refractivity contribution in [1.82, 2.24) is 19.7 Å². The monoisotopic (exact) mass is 569 g/mol. The van der Waals surface area contributed by atoms with Crippen LogP contribution in [0.2, 0.25) is 0 Å². The molecule has 1 aliphatic rings. The molecule has 0 unspecified atom stereocenters. The third kappa shape index (κ3) is 5.23. The Kier molecular flexibility index (Phi) is 6.55. The molecule has 210 valence electrons. The van der Waals surface area contributed by atoms with E-state index >= 15 is 0 Å². The summed E-state index contributed by atoms with van der Waals surface area (Å²) in [7, 11) is 0. The zero-order valence-electron chi connectivity index (χ0n) is 20.3. The van der Waals surface area contributed by atoms with Crippen LogP contribution in [0.4, 0.5) is 32.0 Å². The summed E-state index contributed by atoms with van der Waals surface area (Å²) in [6, 6.07) is 6.76. The molecule has 4 aromatic rings. The van der Waals surface area contributed by atoms with Gasteiger partial charge >= 0.3 is 12.5 Å². The van der Waals surface area contributed by atoms with Gasteiger partial charge in [0.15, 0.2) is 29.7 Å². The van der Waals surface area contributed by atoms with Crippen molar-refractivity contribution < 1.29 is 45.3 Å². The molecule has 1 N–H and O–H groups in total. The highest BCUT2D eigenvalue weighted by molar-refractivity contribution is 5.94. The first-order chi connectivity index (χ1) is 18.8. The maximum Gasteiger partial charge on any atom is 0.586 e. The maximum atomic E-state index is 14.1. The number of anilines is 1. The molecule has 0 fully saturated rings. The highest BCUT2D eigenvalue weighted by Gasteiger charge is 2.43. The number of aromatic amines is 1. The molecule has 0 atom stereocenters. The summed E-state index contributed by atoms with van der Waals surface area (Å²) in [5.74, 6) is -2.94. The van der Waals surface area contributed by atoms with E-state index in [1.807, 2.05) is 0 Å². The normalized spacial score (nSPS) is 14.0. The molecule has 0 spiro atoms. The largest absolute Gasteiger partial charge is 0.586 e. The lowest BCUT2D eigenvalue weighted by Gasteiger charge is -2.21. The molecule has 0 saturated heterocycles. The third-order valence-electron chi connectivity index (χ3n) is 5.73. The van der Waals surface area contributed by atoms with Crippen molar-refractivity contribution in [3.05, 3.63) is 58.9 Å². The predicted molar refractivity (Wildman–Crippen MR) is 126 cm³/mol. The summed E-state index contributed by atoms with van der Waals surface area (Å²) in [4.78, 5) is 34.1. The Hall–Kier alpha value is -4.76. The fraction of sp³-hybridized carbons (Fsp3) is 0.250. The van der Waals surface area contributed by atoms with Crippen LogP contribution in [-0.4, -0.2) is 51.3 Å². The Morgan fingerprint density at radius 2 is 1.90 bits per heavy atom. The van der Waals surface area contributed by atoms with Crippen molar-refractivity contribution >= 4 is 22.6 Å². The Bertz CT molecular complexity index is 1670.